The second-order valence-corrected chi connectivity index (χ2v) is 6.15. The SMILES string of the molecule is CCCCOCc1cc(C(=O)Nc2c(C)cccc2C)ccc1OC. The Morgan fingerprint density at radius 2 is 1.84 bits per heavy atom. The van der Waals surface area contributed by atoms with E-state index in [2.05, 4.69) is 12.2 Å². The summed E-state index contributed by atoms with van der Waals surface area (Å²) in [5.41, 5.74) is 4.43. The van der Waals surface area contributed by atoms with Gasteiger partial charge in [-0.15, -0.1) is 0 Å². The van der Waals surface area contributed by atoms with Crippen molar-refractivity contribution in [3.05, 3.63) is 58.7 Å². The number of aryl methyl sites for hydroxylation is 2. The van der Waals surface area contributed by atoms with Crippen LogP contribution in [0.5, 0.6) is 5.75 Å². The third-order valence-corrected chi connectivity index (χ3v) is 4.16. The molecule has 134 valence electrons. The van der Waals surface area contributed by atoms with Crippen molar-refractivity contribution in [1.29, 1.82) is 0 Å². The zero-order chi connectivity index (χ0) is 18.2. The molecule has 25 heavy (non-hydrogen) atoms. The highest BCUT2D eigenvalue weighted by Crippen LogP contribution is 2.24. The lowest BCUT2D eigenvalue weighted by molar-refractivity contribution is 0.102. The first-order valence-corrected chi connectivity index (χ1v) is 8.69. The number of nitrogens with one attached hydrogen (secondary N) is 1. The van der Waals surface area contributed by atoms with Crippen molar-refractivity contribution in [3.8, 4) is 5.75 Å². The van der Waals surface area contributed by atoms with E-state index in [1.165, 1.54) is 0 Å². The van der Waals surface area contributed by atoms with Crippen LogP contribution in [0.25, 0.3) is 0 Å². The maximum atomic E-state index is 12.7. The van der Waals surface area contributed by atoms with Crippen LogP contribution in [0, 0.1) is 13.8 Å². The van der Waals surface area contributed by atoms with Gasteiger partial charge in [-0.3, -0.25) is 4.79 Å². The molecule has 0 atom stereocenters. The molecule has 1 N–H and O–H groups in total. The average molecular weight is 341 g/mol. The predicted molar refractivity (Wildman–Crippen MR) is 101 cm³/mol. The van der Waals surface area contributed by atoms with Crippen LogP contribution in [0.4, 0.5) is 5.69 Å². The Kier molecular flexibility index (Phi) is 7.02. The lowest BCUT2D eigenvalue weighted by Gasteiger charge is -2.14. The Morgan fingerprint density at radius 3 is 2.48 bits per heavy atom. The summed E-state index contributed by atoms with van der Waals surface area (Å²) in [5, 5.41) is 3.02. The Morgan fingerprint density at radius 1 is 1.12 bits per heavy atom. The smallest absolute Gasteiger partial charge is 0.255 e. The van der Waals surface area contributed by atoms with E-state index in [-0.39, 0.29) is 5.91 Å². The summed E-state index contributed by atoms with van der Waals surface area (Å²) in [6, 6.07) is 11.4. The number of rotatable bonds is 8. The molecule has 4 nitrogen and oxygen atoms in total. The van der Waals surface area contributed by atoms with Gasteiger partial charge in [-0.2, -0.15) is 0 Å². The summed E-state index contributed by atoms with van der Waals surface area (Å²) in [6.07, 6.45) is 2.12. The van der Waals surface area contributed by atoms with Gasteiger partial charge in [0.2, 0.25) is 0 Å². The molecule has 0 unspecified atom stereocenters. The normalized spacial score (nSPS) is 10.6. The molecule has 2 aromatic carbocycles. The number of anilines is 1. The molecule has 0 spiro atoms. The first kappa shape index (κ1) is 19.0. The van der Waals surface area contributed by atoms with E-state index in [0.29, 0.717) is 18.8 Å². The number of amides is 1. The number of ether oxygens (including phenoxy) is 2. The number of hydrogen-bond donors (Lipinski definition) is 1. The summed E-state index contributed by atoms with van der Waals surface area (Å²) in [4.78, 5) is 12.7. The van der Waals surface area contributed by atoms with Crippen molar-refractivity contribution >= 4 is 11.6 Å². The maximum Gasteiger partial charge on any atom is 0.255 e. The van der Waals surface area contributed by atoms with E-state index in [1.807, 2.05) is 44.2 Å². The Balaban J connectivity index is 2.16. The molecule has 0 bridgehead atoms. The van der Waals surface area contributed by atoms with E-state index in [9.17, 15) is 4.79 Å². The van der Waals surface area contributed by atoms with Gasteiger partial charge < -0.3 is 14.8 Å². The van der Waals surface area contributed by atoms with Crippen LogP contribution in [0.1, 0.15) is 46.8 Å². The predicted octanol–water partition coefficient (Wildman–Crippen LogP) is 4.88. The quantitative estimate of drug-likeness (QED) is 0.696. The van der Waals surface area contributed by atoms with Gasteiger partial charge in [0.05, 0.1) is 13.7 Å². The fourth-order valence-electron chi connectivity index (χ4n) is 2.66. The molecule has 0 saturated heterocycles. The van der Waals surface area contributed by atoms with Gasteiger partial charge in [0.1, 0.15) is 5.75 Å². The van der Waals surface area contributed by atoms with Gasteiger partial charge >= 0.3 is 0 Å². The number of unbranched alkanes of at least 4 members (excludes halogenated alkanes) is 1. The van der Waals surface area contributed by atoms with Gasteiger partial charge in [0.15, 0.2) is 0 Å². The van der Waals surface area contributed by atoms with Gasteiger partial charge in [-0.1, -0.05) is 31.5 Å². The molecular weight excluding hydrogens is 314 g/mol. The minimum absolute atomic E-state index is 0.130. The second kappa shape index (κ2) is 9.23. The highest BCUT2D eigenvalue weighted by atomic mass is 16.5. The lowest BCUT2D eigenvalue weighted by atomic mass is 10.1. The molecule has 0 heterocycles. The highest BCUT2D eigenvalue weighted by Gasteiger charge is 2.13. The van der Waals surface area contributed by atoms with E-state index < -0.39 is 0 Å². The fraction of sp³-hybridized carbons (Fsp3) is 0.381. The molecule has 2 rings (SSSR count). The summed E-state index contributed by atoms with van der Waals surface area (Å²) in [6.45, 7) is 7.25. The van der Waals surface area contributed by atoms with E-state index in [1.54, 1.807) is 13.2 Å². The van der Waals surface area contributed by atoms with Crippen LogP contribution in [0.15, 0.2) is 36.4 Å². The zero-order valence-corrected chi connectivity index (χ0v) is 15.5. The van der Waals surface area contributed by atoms with E-state index >= 15 is 0 Å². The first-order chi connectivity index (χ1) is 12.1. The van der Waals surface area contributed by atoms with Crippen LogP contribution >= 0.6 is 0 Å². The van der Waals surface area contributed by atoms with Gasteiger partial charge in [-0.25, -0.2) is 0 Å². The highest BCUT2D eigenvalue weighted by molar-refractivity contribution is 6.05. The van der Waals surface area contributed by atoms with Crippen LogP contribution in [0.2, 0.25) is 0 Å². The minimum Gasteiger partial charge on any atom is -0.496 e. The van der Waals surface area contributed by atoms with E-state index in [4.69, 9.17) is 9.47 Å². The van der Waals surface area contributed by atoms with Gasteiger partial charge in [0.25, 0.3) is 5.91 Å². The summed E-state index contributed by atoms with van der Waals surface area (Å²) >= 11 is 0. The molecule has 0 aliphatic heterocycles. The van der Waals surface area contributed by atoms with E-state index in [0.717, 1.165) is 41.0 Å². The third kappa shape index (κ3) is 5.07. The standard InChI is InChI=1S/C21H27NO3/c1-5-6-12-25-14-18-13-17(10-11-19(18)24-4)21(23)22-20-15(2)8-7-9-16(20)3/h7-11,13H,5-6,12,14H2,1-4H3,(H,22,23). The maximum absolute atomic E-state index is 12.7. The number of para-hydroxylation sites is 1. The fourth-order valence-corrected chi connectivity index (χ4v) is 2.66. The van der Waals surface area contributed by atoms with Gasteiger partial charge in [0, 0.05) is 23.4 Å². The van der Waals surface area contributed by atoms with Crippen LogP contribution in [-0.4, -0.2) is 19.6 Å². The molecular formula is C21H27NO3. The Bertz CT molecular complexity index is 705. The first-order valence-electron chi connectivity index (χ1n) is 8.69. The molecule has 0 aromatic heterocycles. The second-order valence-electron chi connectivity index (χ2n) is 6.15. The van der Waals surface area contributed by atoms with Gasteiger partial charge in [-0.05, 0) is 49.6 Å². The Hall–Kier alpha value is -2.33. The molecule has 1 amide bonds. The van der Waals surface area contributed by atoms with Crippen molar-refractivity contribution < 1.29 is 14.3 Å². The Labute approximate surface area is 150 Å². The van der Waals surface area contributed by atoms with Crippen molar-refractivity contribution in [3.63, 3.8) is 0 Å². The van der Waals surface area contributed by atoms with Crippen molar-refractivity contribution in [1.82, 2.24) is 0 Å². The number of carbonyl (C=O) groups excluding carboxylic acids is 1. The topological polar surface area (TPSA) is 47.6 Å². The van der Waals surface area contributed by atoms with Crippen LogP contribution in [0.3, 0.4) is 0 Å². The largest absolute Gasteiger partial charge is 0.496 e. The molecule has 0 aliphatic carbocycles. The minimum atomic E-state index is -0.130. The summed E-state index contributed by atoms with van der Waals surface area (Å²) < 4.78 is 11.1. The third-order valence-electron chi connectivity index (χ3n) is 4.16. The molecule has 4 heteroatoms. The monoisotopic (exact) mass is 341 g/mol. The molecule has 0 aliphatic rings. The number of hydrogen-bond acceptors (Lipinski definition) is 3. The lowest BCUT2D eigenvalue weighted by Crippen LogP contribution is -2.14. The summed E-state index contributed by atoms with van der Waals surface area (Å²) in [7, 11) is 1.63. The van der Waals surface area contributed by atoms with Crippen LogP contribution in [-0.2, 0) is 11.3 Å². The zero-order valence-electron chi connectivity index (χ0n) is 15.5. The van der Waals surface area contributed by atoms with Crippen molar-refractivity contribution in [2.45, 2.75) is 40.2 Å². The summed E-state index contributed by atoms with van der Waals surface area (Å²) in [5.74, 6) is 0.606. The molecule has 0 saturated carbocycles. The number of carbonyl (C=O) groups is 1. The van der Waals surface area contributed by atoms with Crippen LogP contribution < -0.4 is 10.1 Å². The average Bonchev–Trinajstić information content (AvgIpc) is 2.61. The number of methoxy groups -OCH3 is 1. The van der Waals surface area contributed by atoms with Crippen molar-refractivity contribution in [2.24, 2.45) is 0 Å². The molecule has 0 fully saturated rings. The van der Waals surface area contributed by atoms with Crippen molar-refractivity contribution in [2.75, 3.05) is 19.0 Å². The number of benzene rings is 2. The molecule has 0 radical (unpaired) electrons. The molecule has 2 aromatic rings.